The molecule has 0 aromatic heterocycles. The molecular weight excluding hydrogens is 462 g/mol. The minimum Gasteiger partial charge on any atom is -0.497 e. The third kappa shape index (κ3) is 6.04. The monoisotopic (exact) mass is 485 g/mol. The Balaban J connectivity index is 0.00000338. The standard InChI is InChI=1S/C17H22F3N3O2.HI/c1-21-16(22-11-15(24)17(18,19)20)23-8-6-12(7-9-23)13-4-3-5-14(10-13)25-2;/h3-6,10,15,24H,7-9,11H2,1-2H3,(H,21,22);1H. The van der Waals surface area contributed by atoms with E-state index < -0.39 is 18.8 Å². The molecule has 1 aliphatic rings. The molecule has 0 radical (unpaired) electrons. The summed E-state index contributed by atoms with van der Waals surface area (Å²) in [5.74, 6) is 1.11. The Kier molecular flexibility index (Phi) is 8.68. The maximum Gasteiger partial charge on any atom is 0.416 e. The summed E-state index contributed by atoms with van der Waals surface area (Å²) >= 11 is 0. The van der Waals surface area contributed by atoms with Crippen LogP contribution in [0.2, 0.25) is 0 Å². The SMILES string of the molecule is CN=C(NCC(O)C(F)(F)F)N1CC=C(c2cccc(OC)c2)CC1.I. The second-order valence-electron chi connectivity index (χ2n) is 5.64. The Morgan fingerprint density at radius 2 is 2.15 bits per heavy atom. The van der Waals surface area contributed by atoms with Crippen LogP contribution in [0.1, 0.15) is 12.0 Å². The first-order valence-corrected chi connectivity index (χ1v) is 7.89. The molecule has 1 unspecified atom stereocenters. The summed E-state index contributed by atoms with van der Waals surface area (Å²) in [4.78, 5) is 5.83. The van der Waals surface area contributed by atoms with E-state index >= 15 is 0 Å². The fourth-order valence-corrected chi connectivity index (χ4v) is 2.58. The van der Waals surface area contributed by atoms with Crippen LogP contribution in [0.15, 0.2) is 35.3 Å². The number of benzene rings is 1. The van der Waals surface area contributed by atoms with Crippen LogP contribution in [-0.4, -0.2) is 62.0 Å². The van der Waals surface area contributed by atoms with Gasteiger partial charge >= 0.3 is 6.18 Å². The lowest BCUT2D eigenvalue weighted by molar-refractivity contribution is -0.201. The van der Waals surface area contributed by atoms with Gasteiger partial charge < -0.3 is 20.1 Å². The number of aliphatic hydroxyl groups is 1. The van der Waals surface area contributed by atoms with E-state index in [1.807, 2.05) is 35.2 Å². The number of halogens is 4. The van der Waals surface area contributed by atoms with E-state index in [1.54, 1.807) is 7.11 Å². The summed E-state index contributed by atoms with van der Waals surface area (Å²) in [6.07, 6.45) is -4.31. The van der Waals surface area contributed by atoms with Gasteiger partial charge in [-0.15, -0.1) is 24.0 Å². The Morgan fingerprint density at radius 1 is 1.42 bits per heavy atom. The molecule has 5 nitrogen and oxygen atoms in total. The predicted octanol–water partition coefficient (Wildman–Crippen LogP) is 2.90. The van der Waals surface area contributed by atoms with Crippen molar-refractivity contribution < 1.29 is 23.0 Å². The highest BCUT2D eigenvalue weighted by Gasteiger charge is 2.38. The molecule has 0 aliphatic carbocycles. The number of aliphatic imine (C=N–C) groups is 1. The van der Waals surface area contributed by atoms with Crippen molar-refractivity contribution in [2.75, 3.05) is 33.8 Å². The Labute approximate surface area is 168 Å². The highest BCUT2D eigenvalue weighted by atomic mass is 127. The van der Waals surface area contributed by atoms with Gasteiger partial charge in [0.05, 0.1) is 13.7 Å². The topological polar surface area (TPSA) is 57.1 Å². The lowest BCUT2D eigenvalue weighted by Crippen LogP contribution is -2.48. The van der Waals surface area contributed by atoms with E-state index in [9.17, 15) is 13.2 Å². The second-order valence-corrected chi connectivity index (χ2v) is 5.64. The van der Waals surface area contributed by atoms with Crippen LogP contribution in [0.5, 0.6) is 5.75 Å². The Bertz CT molecular complexity index is 650. The van der Waals surface area contributed by atoms with Crippen molar-refractivity contribution >= 4 is 35.5 Å². The van der Waals surface area contributed by atoms with Gasteiger partial charge in [0, 0.05) is 20.1 Å². The van der Waals surface area contributed by atoms with Crippen molar-refractivity contribution in [3.05, 3.63) is 35.9 Å². The quantitative estimate of drug-likeness (QED) is 0.392. The van der Waals surface area contributed by atoms with Crippen molar-refractivity contribution in [3.63, 3.8) is 0 Å². The Morgan fingerprint density at radius 3 is 2.69 bits per heavy atom. The molecule has 2 rings (SSSR count). The van der Waals surface area contributed by atoms with Gasteiger partial charge in [-0.25, -0.2) is 0 Å². The number of aliphatic hydroxyl groups excluding tert-OH is 1. The molecule has 1 aromatic rings. The second kappa shape index (κ2) is 10.0. The molecule has 26 heavy (non-hydrogen) atoms. The first-order valence-electron chi connectivity index (χ1n) is 7.89. The summed E-state index contributed by atoms with van der Waals surface area (Å²) in [5, 5.41) is 11.7. The summed E-state index contributed by atoms with van der Waals surface area (Å²) in [6.45, 7) is 0.512. The summed E-state index contributed by atoms with van der Waals surface area (Å²) in [5.41, 5.74) is 2.22. The number of alkyl halides is 3. The molecule has 0 fully saturated rings. The molecular formula is C17H23F3IN3O2. The van der Waals surface area contributed by atoms with Crippen LogP contribution in [0.3, 0.4) is 0 Å². The fraction of sp³-hybridized carbons (Fsp3) is 0.471. The number of rotatable bonds is 4. The van der Waals surface area contributed by atoms with Gasteiger partial charge in [-0.3, -0.25) is 4.99 Å². The molecule has 2 N–H and O–H groups in total. The maximum atomic E-state index is 12.4. The predicted molar refractivity (Wildman–Crippen MR) is 106 cm³/mol. The van der Waals surface area contributed by atoms with Crippen molar-refractivity contribution in [1.29, 1.82) is 0 Å². The van der Waals surface area contributed by atoms with E-state index in [0.29, 0.717) is 19.0 Å². The first kappa shape index (κ1) is 22.6. The highest BCUT2D eigenvalue weighted by molar-refractivity contribution is 14.0. The molecule has 0 bridgehead atoms. The van der Waals surface area contributed by atoms with Crippen LogP contribution in [0, 0.1) is 0 Å². The van der Waals surface area contributed by atoms with Gasteiger partial charge in [-0.2, -0.15) is 13.2 Å². The number of nitrogens with zero attached hydrogens (tertiary/aromatic N) is 2. The third-order valence-electron chi connectivity index (χ3n) is 3.99. The smallest absolute Gasteiger partial charge is 0.416 e. The van der Waals surface area contributed by atoms with Crippen molar-refractivity contribution in [3.8, 4) is 5.75 Å². The van der Waals surface area contributed by atoms with Crippen molar-refractivity contribution in [2.45, 2.75) is 18.7 Å². The first-order chi connectivity index (χ1) is 11.8. The van der Waals surface area contributed by atoms with E-state index in [2.05, 4.69) is 10.3 Å². The number of hydrogen-bond acceptors (Lipinski definition) is 3. The van der Waals surface area contributed by atoms with E-state index in [-0.39, 0.29) is 24.0 Å². The Hall–Kier alpha value is -1.49. The lowest BCUT2D eigenvalue weighted by Gasteiger charge is -2.30. The van der Waals surface area contributed by atoms with Gasteiger partial charge in [-0.05, 0) is 29.7 Å². The molecule has 1 aromatic carbocycles. The molecule has 0 saturated carbocycles. The van der Waals surface area contributed by atoms with Gasteiger partial charge in [0.25, 0.3) is 0 Å². The summed E-state index contributed by atoms with van der Waals surface area (Å²) in [6, 6.07) is 7.74. The molecule has 146 valence electrons. The molecule has 0 saturated heterocycles. The minimum absolute atomic E-state index is 0. The molecule has 1 aliphatic heterocycles. The zero-order valence-electron chi connectivity index (χ0n) is 14.6. The van der Waals surface area contributed by atoms with Crippen LogP contribution in [0.4, 0.5) is 13.2 Å². The minimum atomic E-state index is -4.65. The molecule has 0 amide bonds. The number of ether oxygens (including phenoxy) is 1. The fourth-order valence-electron chi connectivity index (χ4n) is 2.58. The third-order valence-corrected chi connectivity index (χ3v) is 3.99. The average molecular weight is 485 g/mol. The maximum absolute atomic E-state index is 12.4. The number of guanidine groups is 1. The zero-order valence-corrected chi connectivity index (χ0v) is 16.9. The summed E-state index contributed by atoms with van der Waals surface area (Å²) in [7, 11) is 3.12. The van der Waals surface area contributed by atoms with Gasteiger partial charge in [0.15, 0.2) is 12.1 Å². The van der Waals surface area contributed by atoms with Crippen LogP contribution in [0.25, 0.3) is 5.57 Å². The lowest BCUT2D eigenvalue weighted by atomic mass is 9.99. The number of nitrogens with one attached hydrogen (secondary N) is 1. The van der Waals surface area contributed by atoms with Gasteiger partial charge in [-0.1, -0.05) is 18.2 Å². The van der Waals surface area contributed by atoms with E-state index in [4.69, 9.17) is 9.84 Å². The van der Waals surface area contributed by atoms with E-state index in [1.165, 1.54) is 7.05 Å². The molecule has 9 heteroatoms. The highest BCUT2D eigenvalue weighted by Crippen LogP contribution is 2.25. The van der Waals surface area contributed by atoms with Crippen LogP contribution >= 0.6 is 24.0 Å². The van der Waals surface area contributed by atoms with Crippen molar-refractivity contribution in [2.24, 2.45) is 4.99 Å². The number of methoxy groups -OCH3 is 1. The van der Waals surface area contributed by atoms with Gasteiger partial charge in [0.2, 0.25) is 0 Å². The molecule has 1 heterocycles. The van der Waals surface area contributed by atoms with Crippen molar-refractivity contribution in [1.82, 2.24) is 10.2 Å². The normalized spacial score (nSPS) is 16.5. The number of hydrogen-bond donors (Lipinski definition) is 2. The van der Waals surface area contributed by atoms with Gasteiger partial charge in [0.1, 0.15) is 5.75 Å². The van der Waals surface area contributed by atoms with Crippen LogP contribution in [-0.2, 0) is 0 Å². The largest absolute Gasteiger partial charge is 0.497 e. The molecule has 0 spiro atoms. The van der Waals surface area contributed by atoms with E-state index in [0.717, 1.165) is 23.3 Å². The van der Waals surface area contributed by atoms with Crippen LogP contribution < -0.4 is 10.1 Å². The zero-order chi connectivity index (χ0) is 18.4. The average Bonchev–Trinajstić information content (AvgIpc) is 2.61. The molecule has 1 atom stereocenters. The summed E-state index contributed by atoms with van der Waals surface area (Å²) < 4.78 is 42.4.